The van der Waals surface area contributed by atoms with Crippen LogP contribution in [0.25, 0.3) is 0 Å². The fourth-order valence-electron chi connectivity index (χ4n) is 2.32. The average molecular weight is 416 g/mol. The van der Waals surface area contributed by atoms with Crippen molar-refractivity contribution < 1.29 is 23.0 Å². The maximum Gasteiger partial charge on any atom is 0.573 e. The topological polar surface area (TPSA) is 78.8 Å². The maximum absolute atomic E-state index is 12.2. The van der Waals surface area contributed by atoms with E-state index in [-0.39, 0.29) is 12.3 Å². The van der Waals surface area contributed by atoms with Crippen LogP contribution in [-0.2, 0) is 6.42 Å². The molecule has 154 valence electrons. The molecule has 1 aromatic heterocycles. The quantitative estimate of drug-likeness (QED) is 0.455. The van der Waals surface area contributed by atoms with Gasteiger partial charge in [-0.25, -0.2) is 4.98 Å². The number of nitrogens with zero attached hydrogens (tertiary/aromatic N) is 2. The first-order chi connectivity index (χ1) is 13.3. The lowest BCUT2D eigenvalue weighted by atomic mass is 10.1. The van der Waals surface area contributed by atoms with Crippen LogP contribution in [0.1, 0.15) is 28.5 Å². The van der Waals surface area contributed by atoms with Crippen LogP contribution in [0.15, 0.2) is 35.5 Å². The highest BCUT2D eigenvalue weighted by Gasteiger charge is 2.31. The summed E-state index contributed by atoms with van der Waals surface area (Å²) in [4.78, 5) is 9.78. The number of thiazole rings is 1. The molecule has 1 atom stereocenters. The lowest BCUT2D eigenvalue weighted by Crippen LogP contribution is -2.38. The molecule has 10 heteroatoms. The van der Waals surface area contributed by atoms with E-state index in [9.17, 15) is 18.3 Å². The Morgan fingerprint density at radius 2 is 2.00 bits per heavy atom. The molecule has 0 spiro atoms. The number of nitrogens with one attached hydrogen (secondary N) is 2. The summed E-state index contributed by atoms with van der Waals surface area (Å²) in [5.74, 6) is 0.214. The highest BCUT2D eigenvalue weighted by molar-refractivity contribution is 7.11. The van der Waals surface area contributed by atoms with Crippen molar-refractivity contribution in [3.8, 4) is 5.75 Å². The molecule has 0 amide bonds. The van der Waals surface area contributed by atoms with Crippen molar-refractivity contribution in [1.82, 2.24) is 15.6 Å². The van der Waals surface area contributed by atoms with Crippen molar-refractivity contribution in [3.63, 3.8) is 0 Å². The van der Waals surface area contributed by atoms with E-state index < -0.39 is 12.5 Å². The van der Waals surface area contributed by atoms with Gasteiger partial charge in [0.1, 0.15) is 5.75 Å². The summed E-state index contributed by atoms with van der Waals surface area (Å²) in [6.07, 6.45) is -3.10. The second kappa shape index (κ2) is 10.3. The minimum atomic E-state index is -4.74. The Hall–Kier alpha value is -2.33. The summed E-state index contributed by atoms with van der Waals surface area (Å²) in [5, 5.41) is 17.5. The fraction of sp³-hybridized carbons (Fsp3) is 0.444. The monoisotopic (exact) mass is 416 g/mol. The molecule has 0 fully saturated rings. The highest BCUT2D eigenvalue weighted by Crippen LogP contribution is 2.24. The van der Waals surface area contributed by atoms with Crippen molar-refractivity contribution in [1.29, 1.82) is 0 Å². The summed E-state index contributed by atoms with van der Waals surface area (Å²) in [7, 11) is 0. The van der Waals surface area contributed by atoms with Crippen molar-refractivity contribution in [2.24, 2.45) is 4.99 Å². The highest BCUT2D eigenvalue weighted by atomic mass is 32.1. The van der Waals surface area contributed by atoms with Gasteiger partial charge in [-0.15, -0.1) is 24.5 Å². The third-order valence-corrected chi connectivity index (χ3v) is 4.54. The van der Waals surface area contributed by atoms with E-state index in [0.717, 1.165) is 28.4 Å². The molecular weight excluding hydrogens is 393 g/mol. The molecule has 0 aliphatic rings. The Balaban J connectivity index is 1.88. The van der Waals surface area contributed by atoms with Gasteiger partial charge in [-0.1, -0.05) is 12.1 Å². The Kier molecular flexibility index (Phi) is 8.06. The molecule has 1 aromatic carbocycles. The molecule has 0 bridgehead atoms. The number of aromatic nitrogens is 1. The number of aliphatic hydroxyl groups excluding tert-OH is 1. The smallest absolute Gasteiger partial charge is 0.406 e. The van der Waals surface area contributed by atoms with Crippen LogP contribution in [0.5, 0.6) is 5.75 Å². The molecule has 2 aromatic rings. The van der Waals surface area contributed by atoms with Gasteiger partial charge in [-0.2, -0.15) is 0 Å². The van der Waals surface area contributed by atoms with E-state index in [2.05, 4.69) is 25.3 Å². The van der Waals surface area contributed by atoms with E-state index in [1.54, 1.807) is 11.3 Å². The van der Waals surface area contributed by atoms with Gasteiger partial charge < -0.3 is 20.5 Å². The Labute approximate surface area is 165 Å². The zero-order valence-electron chi connectivity index (χ0n) is 15.6. The number of halogens is 3. The molecule has 0 aliphatic heterocycles. The van der Waals surface area contributed by atoms with Gasteiger partial charge in [0, 0.05) is 30.6 Å². The third-order valence-electron chi connectivity index (χ3n) is 3.57. The van der Waals surface area contributed by atoms with E-state index >= 15 is 0 Å². The minimum Gasteiger partial charge on any atom is -0.406 e. The van der Waals surface area contributed by atoms with Crippen molar-refractivity contribution in [2.45, 2.75) is 32.7 Å². The second-order valence-electron chi connectivity index (χ2n) is 5.89. The zero-order valence-corrected chi connectivity index (χ0v) is 16.4. The van der Waals surface area contributed by atoms with Crippen LogP contribution in [-0.4, -0.2) is 42.0 Å². The number of benzene rings is 1. The van der Waals surface area contributed by atoms with Gasteiger partial charge in [0.05, 0.1) is 17.7 Å². The molecule has 1 unspecified atom stereocenters. The Morgan fingerprint density at radius 3 is 2.57 bits per heavy atom. The summed E-state index contributed by atoms with van der Waals surface area (Å²) in [6.45, 7) is 5.28. The molecule has 1 heterocycles. The minimum absolute atomic E-state index is 0.0607. The van der Waals surface area contributed by atoms with Crippen LogP contribution in [0.3, 0.4) is 0 Å². The number of hydrogen-bond donors (Lipinski definition) is 3. The van der Waals surface area contributed by atoms with Gasteiger partial charge in [0.25, 0.3) is 0 Å². The molecule has 3 N–H and O–H groups in total. The predicted octanol–water partition coefficient (Wildman–Crippen LogP) is 3.18. The maximum atomic E-state index is 12.2. The Morgan fingerprint density at radius 1 is 1.29 bits per heavy atom. The summed E-state index contributed by atoms with van der Waals surface area (Å²) in [6, 6.07) is 5.09. The molecule has 0 radical (unpaired) electrons. The van der Waals surface area contributed by atoms with Gasteiger partial charge in [0.2, 0.25) is 0 Å². The molecule has 6 nitrogen and oxygen atoms in total. The number of alkyl halides is 3. The van der Waals surface area contributed by atoms with E-state index in [1.165, 1.54) is 12.1 Å². The van der Waals surface area contributed by atoms with Crippen LogP contribution < -0.4 is 15.4 Å². The molecule has 0 aliphatic carbocycles. The average Bonchev–Trinajstić information content (AvgIpc) is 3.04. The van der Waals surface area contributed by atoms with E-state index in [1.807, 2.05) is 20.0 Å². The number of aliphatic hydroxyl groups is 1. The lowest BCUT2D eigenvalue weighted by molar-refractivity contribution is -0.274. The molecule has 0 saturated carbocycles. The number of hydrogen-bond acceptors (Lipinski definition) is 5. The molecule has 2 rings (SSSR count). The number of aliphatic imine (C=N–C) groups is 1. The largest absolute Gasteiger partial charge is 0.573 e. The zero-order chi connectivity index (χ0) is 20.6. The molecule has 28 heavy (non-hydrogen) atoms. The van der Waals surface area contributed by atoms with Gasteiger partial charge >= 0.3 is 6.36 Å². The third kappa shape index (κ3) is 7.73. The van der Waals surface area contributed by atoms with E-state index in [0.29, 0.717) is 24.6 Å². The first kappa shape index (κ1) is 22.0. The fourth-order valence-corrected chi connectivity index (χ4v) is 3.11. The predicted molar refractivity (Wildman–Crippen MR) is 103 cm³/mol. The number of aryl methyl sites for hydroxylation is 1. The van der Waals surface area contributed by atoms with Crippen LogP contribution in [0, 0.1) is 6.92 Å². The molecular formula is C18H23F3N4O2S. The van der Waals surface area contributed by atoms with Crippen molar-refractivity contribution in [3.05, 3.63) is 45.9 Å². The van der Waals surface area contributed by atoms with Gasteiger partial charge in [0.15, 0.2) is 5.96 Å². The summed E-state index contributed by atoms with van der Waals surface area (Å²) < 4.78 is 40.4. The van der Waals surface area contributed by atoms with Gasteiger partial charge in [-0.05, 0) is 31.5 Å². The van der Waals surface area contributed by atoms with Crippen LogP contribution in [0.4, 0.5) is 13.2 Å². The lowest BCUT2D eigenvalue weighted by Gasteiger charge is -2.14. The molecule has 0 saturated heterocycles. The first-order valence-corrected chi connectivity index (χ1v) is 9.55. The van der Waals surface area contributed by atoms with Crippen molar-refractivity contribution >= 4 is 17.3 Å². The number of guanidine groups is 1. The van der Waals surface area contributed by atoms with Gasteiger partial charge in [-0.3, -0.25) is 4.99 Å². The summed E-state index contributed by atoms with van der Waals surface area (Å²) >= 11 is 1.64. The SMILES string of the molecule is CCNC(=NCC(O)c1ccc(OC(F)(F)F)cc1)NCCc1ncc(C)s1. The van der Waals surface area contributed by atoms with Crippen molar-refractivity contribution in [2.75, 3.05) is 19.6 Å². The van der Waals surface area contributed by atoms with E-state index in [4.69, 9.17) is 0 Å². The van der Waals surface area contributed by atoms with Crippen LogP contribution >= 0.6 is 11.3 Å². The van der Waals surface area contributed by atoms with Crippen LogP contribution in [0.2, 0.25) is 0 Å². The number of rotatable bonds is 8. The standard InChI is InChI=1S/C18H23F3N4O2S/c1-3-22-17(23-9-8-16-24-10-12(2)28-16)25-11-15(26)13-4-6-14(7-5-13)27-18(19,20)21/h4-7,10,15,26H,3,8-9,11H2,1-2H3,(H2,22,23,25). The second-order valence-corrected chi connectivity index (χ2v) is 7.21. The first-order valence-electron chi connectivity index (χ1n) is 8.74. The number of ether oxygens (including phenoxy) is 1. The Bertz CT molecular complexity index is 763. The summed E-state index contributed by atoms with van der Waals surface area (Å²) in [5.41, 5.74) is 0.451. The normalized spacial score (nSPS) is 13.3.